The largest absolute Gasteiger partial charge is 0.380 e. The molecule has 0 spiro atoms. The molecule has 9 nitrogen and oxygen atoms in total. The molecule has 5 rings (SSSR count). The van der Waals surface area contributed by atoms with Crippen molar-refractivity contribution < 1.29 is 13.5 Å². The molecule has 3 heterocycles. The first kappa shape index (κ1) is 25.7. The van der Waals surface area contributed by atoms with Gasteiger partial charge in [-0.05, 0) is 60.7 Å². The van der Waals surface area contributed by atoms with Crippen LogP contribution in [0.25, 0.3) is 11.3 Å². The number of pyridine rings is 1. The van der Waals surface area contributed by atoms with Crippen molar-refractivity contribution in [3.05, 3.63) is 103 Å². The maximum atomic E-state index is 14.5. The van der Waals surface area contributed by atoms with Gasteiger partial charge in [-0.3, -0.25) is 0 Å². The monoisotopic (exact) mass is 528 g/mol. The lowest BCUT2D eigenvalue weighted by Crippen LogP contribution is -2.36. The Kier molecular flexibility index (Phi) is 7.69. The summed E-state index contributed by atoms with van der Waals surface area (Å²) < 4.78 is 33.9. The van der Waals surface area contributed by atoms with E-state index in [0.29, 0.717) is 54.9 Å². The number of amidine groups is 1. The number of nitrogens with one attached hydrogen (secondary N) is 1. The van der Waals surface area contributed by atoms with E-state index in [2.05, 4.69) is 36.8 Å². The molecule has 0 aliphatic carbocycles. The minimum Gasteiger partial charge on any atom is -0.380 e. The number of halogens is 2. The molecule has 1 fully saturated rings. The highest BCUT2D eigenvalue weighted by Crippen LogP contribution is 2.27. The maximum absolute atomic E-state index is 14.5. The Morgan fingerprint density at radius 2 is 1.85 bits per heavy atom. The Labute approximate surface area is 224 Å². The molecule has 3 N–H and O–H groups in total. The number of hydrazone groups is 1. The van der Waals surface area contributed by atoms with Crippen LogP contribution in [0.5, 0.6) is 0 Å². The number of rotatable bonds is 8. The van der Waals surface area contributed by atoms with Crippen LogP contribution < -0.4 is 21.0 Å². The number of anilines is 4. The maximum Gasteiger partial charge on any atom is 0.227 e. The predicted octanol–water partition coefficient (Wildman–Crippen LogP) is 4.67. The summed E-state index contributed by atoms with van der Waals surface area (Å²) in [5.41, 5.74) is 9.29. The second-order valence-electron chi connectivity index (χ2n) is 8.58. The third kappa shape index (κ3) is 6.16. The number of hydrogen-bond acceptors (Lipinski definition) is 8. The quantitative estimate of drug-likeness (QED) is 0.193. The topological polar surface area (TPSA) is 105 Å². The van der Waals surface area contributed by atoms with Gasteiger partial charge in [0.2, 0.25) is 5.95 Å². The lowest BCUT2D eigenvalue weighted by molar-refractivity contribution is 0.122. The van der Waals surface area contributed by atoms with Gasteiger partial charge in [-0.15, -0.1) is 5.10 Å². The molecule has 0 bridgehead atoms. The SMILES string of the molecule is C=CN(/N=C(\N)c1ncccc1F)c1ccc(Nc2nccc(-c3cc(F)cc(N4CCOCC4)c3)n2)cc1. The van der Waals surface area contributed by atoms with Crippen molar-refractivity contribution >= 4 is 28.8 Å². The lowest BCUT2D eigenvalue weighted by Gasteiger charge is -2.29. The Hall–Kier alpha value is -4.90. The van der Waals surface area contributed by atoms with Crippen molar-refractivity contribution in [2.24, 2.45) is 10.8 Å². The Morgan fingerprint density at radius 1 is 1.05 bits per heavy atom. The molecule has 0 saturated carbocycles. The molecule has 4 aromatic rings. The van der Waals surface area contributed by atoms with Gasteiger partial charge in [0.1, 0.15) is 11.5 Å². The predicted molar refractivity (Wildman–Crippen MR) is 148 cm³/mol. The van der Waals surface area contributed by atoms with Gasteiger partial charge in [0.25, 0.3) is 0 Å². The summed E-state index contributed by atoms with van der Waals surface area (Å²) in [5.74, 6) is -0.640. The second-order valence-corrected chi connectivity index (χ2v) is 8.58. The van der Waals surface area contributed by atoms with Gasteiger partial charge in [0.05, 0.1) is 24.6 Å². The third-order valence-corrected chi connectivity index (χ3v) is 5.99. The first-order valence-corrected chi connectivity index (χ1v) is 12.2. The molecule has 198 valence electrons. The molecule has 1 aliphatic heterocycles. The van der Waals surface area contributed by atoms with Gasteiger partial charge in [0.15, 0.2) is 11.7 Å². The first-order chi connectivity index (χ1) is 19.0. The molecule has 0 radical (unpaired) electrons. The fourth-order valence-corrected chi connectivity index (χ4v) is 4.07. The van der Waals surface area contributed by atoms with Crippen LogP contribution >= 0.6 is 0 Å². The number of aromatic nitrogens is 3. The van der Waals surface area contributed by atoms with Gasteiger partial charge in [-0.25, -0.2) is 28.7 Å². The molecule has 0 amide bonds. The van der Waals surface area contributed by atoms with Crippen LogP contribution in [-0.2, 0) is 4.74 Å². The summed E-state index contributed by atoms with van der Waals surface area (Å²) >= 11 is 0. The van der Waals surface area contributed by atoms with E-state index in [0.717, 1.165) is 5.69 Å². The van der Waals surface area contributed by atoms with E-state index in [1.165, 1.54) is 41.7 Å². The zero-order chi connectivity index (χ0) is 27.2. The Bertz CT molecular complexity index is 1490. The van der Waals surface area contributed by atoms with Crippen LogP contribution in [-0.4, -0.2) is 47.1 Å². The molecular formula is C28H26F2N8O. The van der Waals surface area contributed by atoms with E-state index in [9.17, 15) is 8.78 Å². The summed E-state index contributed by atoms with van der Waals surface area (Å²) in [6.45, 7) is 6.39. The van der Waals surface area contributed by atoms with Crippen LogP contribution in [0.1, 0.15) is 5.69 Å². The summed E-state index contributed by atoms with van der Waals surface area (Å²) in [6, 6.07) is 16.5. The molecular weight excluding hydrogens is 502 g/mol. The van der Waals surface area contributed by atoms with E-state index in [1.54, 1.807) is 36.5 Å². The van der Waals surface area contributed by atoms with Crippen molar-refractivity contribution in [2.75, 3.05) is 41.5 Å². The number of nitrogens with two attached hydrogens (primary N) is 1. The Balaban J connectivity index is 1.32. The fraction of sp³-hybridized carbons (Fsp3) is 0.143. The van der Waals surface area contributed by atoms with Crippen LogP contribution in [0.15, 0.2) is 90.9 Å². The average Bonchev–Trinajstić information content (AvgIpc) is 2.97. The number of hydrogen-bond donors (Lipinski definition) is 2. The highest BCUT2D eigenvalue weighted by molar-refractivity contribution is 5.96. The van der Waals surface area contributed by atoms with Gasteiger partial charge in [-0.2, -0.15) is 0 Å². The number of benzene rings is 2. The van der Waals surface area contributed by atoms with E-state index in [4.69, 9.17) is 10.5 Å². The zero-order valence-corrected chi connectivity index (χ0v) is 21.0. The fourth-order valence-electron chi connectivity index (χ4n) is 4.07. The molecule has 0 atom stereocenters. The van der Waals surface area contributed by atoms with Crippen molar-refractivity contribution in [2.45, 2.75) is 0 Å². The molecule has 2 aromatic heterocycles. The minimum absolute atomic E-state index is 0.0463. The van der Waals surface area contributed by atoms with Crippen LogP contribution in [0, 0.1) is 11.6 Å². The standard InChI is InChI=1S/C28H26F2N8O/c1-2-38(36-27(31)26-24(30)4-3-10-32-26)22-7-5-21(6-8-22)34-28-33-11-9-25(35-28)19-16-20(29)18-23(17-19)37-12-14-39-15-13-37/h2-11,16-18H,1,12-15H2,(H2,31,36)(H,33,34,35). The molecule has 0 unspecified atom stereocenters. The highest BCUT2D eigenvalue weighted by Gasteiger charge is 2.15. The normalized spacial score (nSPS) is 13.7. The average molecular weight is 529 g/mol. The van der Waals surface area contributed by atoms with Gasteiger partial charge >= 0.3 is 0 Å². The number of nitrogens with zero attached hydrogens (tertiary/aromatic N) is 6. The molecule has 39 heavy (non-hydrogen) atoms. The molecule has 11 heteroatoms. The lowest BCUT2D eigenvalue weighted by atomic mass is 10.1. The number of morpholine rings is 1. The van der Waals surface area contributed by atoms with E-state index in [1.807, 2.05) is 6.07 Å². The smallest absolute Gasteiger partial charge is 0.227 e. The van der Waals surface area contributed by atoms with E-state index in [-0.39, 0.29) is 17.3 Å². The number of ether oxygens (including phenoxy) is 1. The first-order valence-electron chi connectivity index (χ1n) is 12.2. The van der Waals surface area contributed by atoms with Gasteiger partial charge in [0, 0.05) is 48.6 Å². The molecule has 2 aromatic carbocycles. The molecule has 1 aliphatic rings. The zero-order valence-electron chi connectivity index (χ0n) is 21.0. The van der Waals surface area contributed by atoms with Gasteiger partial charge in [-0.1, -0.05) is 6.58 Å². The highest BCUT2D eigenvalue weighted by atomic mass is 19.1. The van der Waals surface area contributed by atoms with Gasteiger partial charge < -0.3 is 20.7 Å². The van der Waals surface area contributed by atoms with Crippen molar-refractivity contribution in [3.63, 3.8) is 0 Å². The summed E-state index contributed by atoms with van der Waals surface area (Å²) in [5, 5.41) is 8.80. The summed E-state index contributed by atoms with van der Waals surface area (Å²) in [4.78, 5) is 14.9. The molecule has 1 saturated heterocycles. The second kappa shape index (κ2) is 11.7. The third-order valence-electron chi connectivity index (χ3n) is 5.99. The van der Waals surface area contributed by atoms with Crippen molar-refractivity contribution in [1.82, 2.24) is 15.0 Å². The van der Waals surface area contributed by atoms with Crippen LogP contribution in [0.4, 0.5) is 31.8 Å². The summed E-state index contributed by atoms with van der Waals surface area (Å²) in [6.07, 6.45) is 4.51. The van der Waals surface area contributed by atoms with Crippen molar-refractivity contribution in [3.8, 4) is 11.3 Å². The minimum atomic E-state index is -0.569. The Morgan fingerprint density at radius 3 is 2.59 bits per heavy atom. The van der Waals surface area contributed by atoms with Crippen LogP contribution in [0.3, 0.4) is 0 Å². The van der Waals surface area contributed by atoms with Crippen LogP contribution in [0.2, 0.25) is 0 Å². The van der Waals surface area contributed by atoms with Crippen molar-refractivity contribution in [1.29, 1.82) is 0 Å². The van der Waals surface area contributed by atoms with E-state index >= 15 is 0 Å². The van der Waals surface area contributed by atoms with E-state index < -0.39 is 5.82 Å². The summed E-state index contributed by atoms with van der Waals surface area (Å²) in [7, 11) is 0.